The van der Waals surface area contributed by atoms with Crippen molar-refractivity contribution in [2.45, 2.75) is 37.6 Å². The van der Waals surface area contributed by atoms with E-state index >= 15 is 0 Å². The van der Waals surface area contributed by atoms with Crippen molar-refractivity contribution in [3.05, 3.63) is 46.6 Å². The maximum atomic E-state index is 12.5. The van der Waals surface area contributed by atoms with Crippen LogP contribution in [0.1, 0.15) is 6.92 Å². The van der Waals surface area contributed by atoms with E-state index < -0.39 is 47.9 Å². The molecule has 12 nitrogen and oxygen atoms in total. The van der Waals surface area contributed by atoms with Crippen LogP contribution in [0.5, 0.6) is 23.0 Å². The van der Waals surface area contributed by atoms with E-state index in [1.165, 1.54) is 44.4 Å². The summed E-state index contributed by atoms with van der Waals surface area (Å²) in [6, 6.07) is 7.82. The summed E-state index contributed by atoms with van der Waals surface area (Å²) in [5, 5.41) is 50.3. The number of aliphatic hydroxyl groups is 3. The summed E-state index contributed by atoms with van der Waals surface area (Å²) in [5.74, 6) is -0.993. The Morgan fingerprint density at radius 3 is 2.44 bits per heavy atom. The zero-order chi connectivity index (χ0) is 26.1. The second kappa shape index (κ2) is 10.0. The first-order chi connectivity index (χ1) is 17.1. The highest BCUT2D eigenvalue weighted by Crippen LogP contribution is 2.36. The summed E-state index contributed by atoms with van der Waals surface area (Å²) in [6.45, 7) is 0.798. The van der Waals surface area contributed by atoms with Gasteiger partial charge in [-0.25, -0.2) is 0 Å². The minimum absolute atomic E-state index is 0.0283. The number of hydrogen-bond acceptors (Lipinski definition) is 12. The van der Waals surface area contributed by atoms with Gasteiger partial charge in [-0.3, -0.25) is 9.59 Å². The minimum atomic E-state index is -1.64. The fourth-order valence-corrected chi connectivity index (χ4v) is 3.79. The van der Waals surface area contributed by atoms with Crippen LogP contribution in [0, 0.1) is 0 Å². The monoisotopic (exact) mass is 504 g/mol. The maximum Gasteiger partial charge on any atom is 0.302 e. The number of phenols is 2. The molecule has 4 rings (SSSR count). The van der Waals surface area contributed by atoms with Crippen LogP contribution >= 0.6 is 0 Å². The standard InChI is InChI=1S/C24H24O12/c1-10(25)33-9-19-21(29)22(30)23(31)24(36-19)35-15-4-3-11(5-17(15)32-2)16-8-14(28)20-13(27)6-12(26)7-18(20)34-16/h3-8,19,21-24,26-27,29-31H,9H2,1-2H3. The highest BCUT2D eigenvalue weighted by molar-refractivity contribution is 5.86. The number of carbonyl (C=O) groups is 1. The van der Waals surface area contributed by atoms with Crippen LogP contribution in [0.2, 0.25) is 0 Å². The highest BCUT2D eigenvalue weighted by atomic mass is 16.7. The maximum absolute atomic E-state index is 12.5. The van der Waals surface area contributed by atoms with Crippen molar-refractivity contribution < 1.29 is 53.7 Å². The number of carbonyl (C=O) groups excluding carboxylic acids is 1. The van der Waals surface area contributed by atoms with Crippen molar-refractivity contribution in [3.63, 3.8) is 0 Å². The van der Waals surface area contributed by atoms with Crippen molar-refractivity contribution in [1.29, 1.82) is 0 Å². The van der Waals surface area contributed by atoms with Crippen molar-refractivity contribution in [2.75, 3.05) is 13.7 Å². The lowest BCUT2D eigenvalue weighted by molar-refractivity contribution is -0.278. The highest BCUT2D eigenvalue weighted by Gasteiger charge is 2.45. The fraction of sp³-hybridized carbons (Fsp3) is 0.333. The first-order valence-electron chi connectivity index (χ1n) is 10.8. The molecule has 2 heterocycles. The second-order valence-electron chi connectivity index (χ2n) is 8.11. The molecule has 1 aromatic heterocycles. The lowest BCUT2D eigenvalue weighted by Crippen LogP contribution is -2.60. The molecule has 3 aromatic rings. The van der Waals surface area contributed by atoms with E-state index in [1.54, 1.807) is 0 Å². The molecule has 0 saturated carbocycles. The summed E-state index contributed by atoms with van der Waals surface area (Å²) in [7, 11) is 1.35. The predicted molar refractivity (Wildman–Crippen MR) is 122 cm³/mol. The summed E-state index contributed by atoms with van der Waals surface area (Å²) < 4.78 is 27.1. The van der Waals surface area contributed by atoms with Crippen molar-refractivity contribution >= 4 is 16.9 Å². The van der Waals surface area contributed by atoms with Gasteiger partial charge in [-0.05, 0) is 18.2 Å². The van der Waals surface area contributed by atoms with E-state index in [4.69, 9.17) is 23.4 Å². The average molecular weight is 504 g/mol. The van der Waals surface area contributed by atoms with Gasteiger partial charge in [0, 0.05) is 30.7 Å². The van der Waals surface area contributed by atoms with E-state index in [1.807, 2.05) is 0 Å². The minimum Gasteiger partial charge on any atom is -0.508 e. The molecule has 5 unspecified atom stereocenters. The van der Waals surface area contributed by atoms with Crippen LogP contribution < -0.4 is 14.9 Å². The Kier molecular flexibility index (Phi) is 7.04. The molecule has 1 fully saturated rings. The molecule has 36 heavy (non-hydrogen) atoms. The molecule has 192 valence electrons. The fourth-order valence-electron chi connectivity index (χ4n) is 3.79. The van der Waals surface area contributed by atoms with Gasteiger partial charge in [0.05, 0.1) is 7.11 Å². The Hall–Kier alpha value is -3.84. The summed E-state index contributed by atoms with van der Waals surface area (Å²) in [4.78, 5) is 23.6. The third kappa shape index (κ3) is 4.93. The SMILES string of the molecule is COc1cc(-c2cc(=O)c3c(O)cc(O)cc3o2)ccc1OC1OC(COC(C)=O)C(O)C(O)C1O. The Bertz CT molecular complexity index is 1330. The molecule has 0 spiro atoms. The van der Waals surface area contributed by atoms with Gasteiger partial charge in [-0.15, -0.1) is 0 Å². The molecule has 5 N–H and O–H groups in total. The first-order valence-corrected chi connectivity index (χ1v) is 10.8. The lowest BCUT2D eigenvalue weighted by Gasteiger charge is -2.40. The predicted octanol–water partition coefficient (Wildman–Crippen LogP) is 0.629. The molecule has 2 aromatic carbocycles. The molecule has 12 heteroatoms. The Morgan fingerprint density at radius 2 is 1.75 bits per heavy atom. The van der Waals surface area contributed by atoms with Gasteiger partial charge in [0.25, 0.3) is 0 Å². The molecule has 0 radical (unpaired) electrons. The van der Waals surface area contributed by atoms with Crippen LogP contribution in [-0.2, 0) is 14.3 Å². The van der Waals surface area contributed by atoms with Gasteiger partial charge < -0.3 is 48.9 Å². The topological polar surface area (TPSA) is 185 Å². The number of benzene rings is 2. The van der Waals surface area contributed by atoms with Crippen LogP contribution in [0.4, 0.5) is 0 Å². The lowest BCUT2D eigenvalue weighted by atomic mass is 9.99. The average Bonchev–Trinajstić information content (AvgIpc) is 2.82. The van der Waals surface area contributed by atoms with E-state index in [-0.39, 0.29) is 40.6 Å². The van der Waals surface area contributed by atoms with Crippen molar-refractivity contribution in [2.24, 2.45) is 0 Å². The molecular formula is C24H24O12. The molecule has 5 atom stereocenters. The number of aliphatic hydroxyl groups excluding tert-OH is 3. The number of ether oxygens (including phenoxy) is 4. The number of fused-ring (bicyclic) bond motifs is 1. The van der Waals surface area contributed by atoms with Crippen LogP contribution in [0.25, 0.3) is 22.3 Å². The van der Waals surface area contributed by atoms with E-state index in [9.17, 15) is 35.1 Å². The molecule has 0 bridgehead atoms. The number of phenolic OH excluding ortho intramolecular Hbond substituents is 2. The number of rotatable bonds is 6. The molecule has 0 aliphatic carbocycles. The van der Waals surface area contributed by atoms with Crippen LogP contribution in [0.15, 0.2) is 45.6 Å². The van der Waals surface area contributed by atoms with E-state index in [0.717, 1.165) is 6.07 Å². The molecule has 0 amide bonds. The summed E-state index contributed by atoms with van der Waals surface area (Å²) in [5.41, 5.74) is -0.179. The van der Waals surface area contributed by atoms with Crippen molar-refractivity contribution in [3.8, 4) is 34.3 Å². The number of hydrogen-bond donors (Lipinski definition) is 5. The summed E-state index contributed by atoms with van der Waals surface area (Å²) in [6.07, 6.45) is -7.43. The normalized spacial score (nSPS) is 23.9. The quantitative estimate of drug-likeness (QED) is 0.295. The Labute approximate surface area is 203 Å². The zero-order valence-corrected chi connectivity index (χ0v) is 19.2. The number of aromatic hydroxyl groups is 2. The third-order valence-electron chi connectivity index (χ3n) is 5.61. The number of esters is 1. The second-order valence-corrected chi connectivity index (χ2v) is 8.11. The van der Waals surface area contributed by atoms with Crippen LogP contribution in [0.3, 0.4) is 0 Å². The molecular weight excluding hydrogens is 480 g/mol. The van der Waals surface area contributed by atoms with Gasteiger partial charge in [-0.1, -0.05) is 0 Å². The van der Waals surface area contributed by atoms with Gasteiger partial charge in [0.15, 0.2) is 16.9 Å². The Morgan fingerprint density at radius 1 is 1.00 bits per heavy atom. The van der Waals surface area contributed by atoms with Gasteiger partial charge >= 0.3 is 5.97 Å². The van der Waals surface area contributed by atoms with E-state index in [0.29, 0.717) is 5.56 Å². The smallest absolute Gasteiger partial charge is 0.302 e. The largest absolute Gasteiger partial charge is 0.508 e. The number of methoxy groups -OCH3 is 1. The molecule has 1 aliphatic heterocycles. The van der Waals surface area contributed by atoms with Crippen LogP contribution in [-0.4, -0.2) is 75.9 Å². The van der Waals surface area contributed by atoms with Crippen molar-refractivity contribution in [1.82, 2.24) is 0 Å². The Balaban J connectivity index is 1.62. The van der Waals surface area contributed by atoms with Gasteiger partial charge in [0.2, 0.25) is 6.29 Å². The van der Waals surface area contributed by atoms with Gasteiger partial charge in [-0.2, -0.15) is 0 Å². The van der Waals surface area contributed by atoms with Gasteiger partial charge in [0.1, 0.15) is 59.3 Å². The molecule has 1 aliphatic rings. The summed E-state index contributed by atoms with van der Waals surface area (Å²) >= 11 is 0. The zero-order valence-electron chi connectivity index (χ0n) is 19.2. The third-order valence-corrected chi connectivity index (χ3v) is 5.61. The van der Waals surface area contributed by atoms with E-state index in [2.05, 4.69) is 0 Å². The molecule has 1 saturated heterocycles. The first kappa shape index (κ1) is 25.3.